The molecule has 0 aliphatic carbocycles. The standard InChI is InChI=1S/C7H12O.W.Y/c1-6-3-4-8-7(2)5-6;;/h4,6-7H,2-3,5H2,1H3;;/q-2;;/t6-,7+;;/m0../s1. The predicted molar refractivity (Wildman–Crippen MR) is 32.9 cm³/mol. The van der Waals surface area contributed by atoms with Crippen LogP contribution in [0, 0.1) is 19.4 Å². The summed E-state index contributed by atoms with van der Waals surface area (Å²) in [7, 11) is 0. The zero-order chi connectivity index (χ0) is 5.98. The van der Waals surface area contributed by atoms with E-state index in [1.165, 1.54) is 0 Å². The van der Waals surface area contributed by atoms with Gasteiger partial charge in [-0.3, -0.25) is 0 Å². The van der Waals surface area contributed by atoms with Crippen molar-refractivity contribution in [1.29, 1.82) is 0 Å². The van der Waals surface area contributed by atoms with Gasteiger partial charge >= 0.3 is 0 Å². The van der Waals surface area contributed by atoms with Crippen molar-refractivity contribution in [3.05, 3.63) is 13.5 Å². The van der Waals surface area contributed by atoms with E-state index in [0.717, 1.165) is 18.8 Å². The molecule has 1 rings (SSSR count). The summed E-state index contributed by atoms with van der Waals surface area (Å²) in [5.41, 5.74) is 0. The summed E-state index contributed by atoms with van der Waals surface area (Å²) < 4.78 is 5.11. The second kappa shape index (κ2) is 7.40. The molecule has 0 aromatic heterocycles. The summed E-state index contributed by atoms with van der Waals surface area (Å²) in [5.74, 6) is 0.770. The summed E-state index contributed by atoms with van der Waals surface area (Å²) in [6.45, 7) is 7.88. The van der Waals surface area contributed by atoms with Crippen LogP contribution >= 0.6 is 0 Å². The van der Waals surface area contributed by atoms with Crippen LogP contribution in [0.1, 0.15) is 19.8 Å². The number of ether oxygens (including phenoxy) is 1. The van der Waals surface area contributed by atoms with E-state index in [-0.39, 0.29) is 59.9 Å². The third-order valence-electron chi connectivity index (χ3n) is 1.45. The van der Waals surface area contributed by atoms with Gasteiger partial charge in [0.25, 0.3) is 0 Å². The fourth-order valence-corrected chi connectivity index (χ4v) is 0.956. The summed E-state index contributed by atoms with van der Waals surface area (Å²) in [5, 5.41) is 0. The van der Waals surface area contributed by atoms with Crippen LogP contribution in [0.25, 0.3) is 0 Å². The van der Waals surface area contributed by atoms with Crippen LogP contribution in [0.5, 0.6) is 0 Å². The molecule has 3 heteroatoms. The van der Waals surface area contributed by atoms with Gasteiger partial charge in [-0.05, 0) is 0 Å². The summed E-state index contributed by atoms with van der Waals surface area (Å²) in [4.78, 5) is 0. The Bertz CT molecular complexity index is 72.0. The third kappa shape index (κ3) is 5.41. The maximum absolute atomic E-state index is 5.11. The molecule has 1 saturated heterocycles. The van der Waals surface area contributed by atoms with Crippen LogP contribution in [0.15, 0.2) is 0 Å². The van der Waals surface area contributed by atoms with Crippen molar-refractivity contribution in [3.63, 3.8) is 0 Å². The van der Waals surface area contributed by atoms with Crippen molar-refractivity contribution < 1.29 is 58.5 Å². The molecule has 0 unspecified atom stereocenters. The van der Waals surface area contributed by atoms with Gasteiger partial charge in [0.15, 0.2) is 0 Å². The molecular formula is C7H12OWY-2. The van der Waals surface area contributed by atoms with Crippen LogP contribution in [-0.4, -0.2) is 6.10 Å². The minimum absolute atomic E-state index is 0. The smallest absolute Gasteiger partial charge is 0 e. The van der Waals surface area contributed by atoms with E-state index in [0.29, 0.717) is 0 Å². The first-order chi connectivity index (χ1) is 3.79. The Morgan fingerprint density at radius 3 is 2.50 bits per heavy atom. The molecule has 0 N–H and O–H groups in total. The molecule has 0 bridgehead atoms. The first-order valence-electron chi connectivity index (χ1n) is 3.09. The van der Waals surface area contributed by atoms with E-state index in [9.17, 15) is 0 Å². The van der Waals surface area contributed by atoms with Crippen LogP contribution in [0.2, 0.25) is 0 Å². The van der Waals surface area contributed by atoms with Crippen LogP contribution in [0.4, 0.5) is 0 Å². The first kappa shape index (κ1) is 14.3. The quantitative estimate of drug-likeness (QED) is 0.579. The average molecular weight is 385 g/mol. The summed E-state index contributed by atoms with van der Waals surface area (Å²) in [6.07, 6.45) is 2.40. The molecule has 10 heavy (non-hydrogen) atoms. The molecule has 1 radical (unpaired) electrons. The van der Waals surface area contributed by atoms with Crippen molar-refractivity contribution in [2.24, 2.45) is 5.92 Å². The van der Waals surface area contributed by atoms with Crippen LogP contribution in [0.3, 0.4) is 0 Å². The number of hydrogen-bond donors (Lipinski definition) is 0. The van der Waals surface area contributed by atoms with Gasteiger partial charge < -0.3 is 11.7 Å². The van der Waals surface area contributed by atoms with Gasteiger partial charge in [-0.25, -0.2) is 6.61 Å². The Morgan fingerprint density at radius 2 is 2.20 bits per heavy atom. The SMILES string of the molecule is [CH2-][C@@H]1C[C@@H](C)C[CH-]O1.[W].[Y]. The van der Waals surface area contributed by atoms with E-state index in [1.54, 1.807) is 0 Å². The van der Waals surface area contributed by atoms with Gasteiger partial charge in [0, 0.05) is 53.8 Å². The Morgan fingerprint density at radius 1 is 1.60 bits per heavy atom. The van der Waals surface area contributed by atoms with Gasteiger partial charge in [0.2, 0.25) is 0 Å². The van der Waals surface area contributed by atoms with Crippen molar-refractivity contribution in [2.75, 3.05) is 0 Å². The van der Waals surface area contributed by atoms with Gasteiger partial charge in [-0.15, -0.1) is 6.10 Å². The molecule has 2 atom stereocenters. The zero-order valence-corrected chi connectivity index (χ0v) is 12.0. The van der Waals surface area contributed by atoms with Gasteiger partial charge in [-0.1, -0.05) is 19.3 Å². The van der Waals surface area contributed by atoms with Crippen LogP contribution < -0.4 is 0 Å². The maximum Gasteiger partial charge on any atom is 0 e. The minimum atomic E-state index is 0. The van der Waals surface area contributed by atoms with E-state index >= 15 is 0 Å². The van der Waals surface area contributed by atoms with E-state index in [4.69, 9.17) is 4.74 Å². The second-order valence-corrected chi connectivity index (χ2v) is 2.50. The largest absolute Gasteiger partial charge is 0.575 e. The van der Waals surface area contributed by atoms with E-state index in [1.807, 2.05) is 6.61 Å². The fourth-order valence-electron chi connectivity index (χ4n) is 0.956. The molecule has 0 amide bonds. The van der Waals surface area contributed by atoms with E-state index < -0.39 is 0 Å². The monoisotopic (exact) mass is 385 g/mol. The van der Waals surface area contributed by atoms with Crippen molar-refractivity contribution in [3.8, 4) is 0 Å². The van der Waals surface area contributed by atoms with Gasteiger partial charge in [0.05, 0.1) is 0 Å². The Kier molecular flexibility index (Phi) is 10.6. The molecule has 1 aliphatic heterocycles. The molecule has 57 valence electrons. The molecule has 0 spiro atoms. The minimum Gasteiger partial charge on any atom is -0.575 e. The Labute approximate surface area is 103 Å². The molecule has 1 heterocycles. The summed E-state index contributed by atoms with van der Waals surface area (Å²) in [6, 6.07) is 0. The fraction of sp³-hybridized carbons (Fsp3) is 0.714. The van der Waals surface area contributed by atoms with Crippen molar-refractivity contribution in [2.45, 2.75) is 25.9 Å². The molecule has 0 aromatic rings. The topological polar surface area (TPSA) is 9.23 Å². The second-order valence-electron chi connectivity index (χ2n) is 2.50. The van der Waals surface area contributed by atoms with Crippen molar-refractivity contribution in [1.82, 2.24) is 0 Å². The van der Waals surface area contributed by atoms with E-state index in [2.05, 4.69) is 13.8 Å². The molecular weight excluding hydrogens is 373 g/mol. The number of hydrogen-bond acceptors (Lipinski definition) is 1. The zero-order valence-electron chi connectivity index (χ0n) is 6.25. The molecule has 0 saturated carbocycles. The predicted octanol–water partition coefficient (Wildman–Crippen LogP) is 1.79. The third-order valence-corrected chi connectivity index (χ3v) is 1.45. The van der Waals surface area contributed by atoms with Gasteiger partial charge in [0.1, 0.15) is 0 Å². The molecule has 0 aromatic carbocycles. The Hall–Kier alpha value is 1.75. The molecule has 1 nitrogen and oxygen atoms in total. The summed E-state index contributed by atoms with van der Waals surface area (Å²) >= 11 is 0. The maximum atomic E-state index is 5.11. The van der Waals surface area contributed by atoms with Crippen LogP contribution in [-0.2, 0) is 58.5 Å². The van der Waals surface area contributed by atoms with Gasteiger partial charge in [-0.2, -0.15) is 6.42 Å². The molecule has 1 aliphatic rings. The average Bonchev–Trinajstić information content (AvgIpc) is 1.64. The number of rotatable bonds is 0. The first-order valence-corrected chi connectivity index (χ1v) is 3.09. The van der Waals surface area contributed by atoms with Crippen molar-refractivity contribution >= 4 is 0 Å². The normalized spacial score (nSPS) is 31.8. The molecule has 1 fully saturated rings. The Balaban J connectivity index is 0.